The molecule has 2 N–H and O–H groups in total. The third-order valence-corrected chi connectivity index (χ3v) is 4.90. The van der Waals surface area contributed by atoms with Crippen LogP contribution in [0.4, 0.5) is 0 Å². The molecule has 3 rings (SSSR count). The minimum Gasteiger partial charge on any atom is -0.507 e. The lowest BCUT2D eigenvalue weighted by Crippen LogP contribution is -2.37. The van der Waals surface area contributed by atoms with Crippen LogP contribution in [0.2, 0.25) is 0 Å². The van der Waals surface area contributed by atoms with E-state index in [0.717, 1.165) is 25.7 Å². The molecule has 1 fully saturated rings. The number of Topliss-reactive ketones (excluding diaryl/α,β-unsaturated/α-hetero) is 1. The quantitative estimate of drug-likeness (QED) is 0.804. The Morgan fingerprint density at radius 2 is 1.96 bits per heavy atom. The molecule has 1 heterocycles. The molecule has 26 heavy (non-hydrogen) atoms. The third kappa shape index (κ3) is 4.48. The highest BCUT2D eigenvalue weighted by Gasteiger charge is 2.35. The van der Waals surface area contributed by atoms with Crippen molar-refractivity contribution in [3.8, 4) is 17.2 Å². The fourth-order valence-corrected chi connectivity index (χ4v) is 3.67. The predicted octanol–water partition coefficient (Wildman–Crippen LogP) is 3.35. The van der Waals surface area contributed by atoms with Gasteiger partial charge in [-0.1, -0.05) is 25.7 Å². The van der Waals surface area contributed by atoms with Crippen LogP contribution < -0.4 is 14.8 Å². The van der Waals surface area contributed by atoms with E-state index in [9.17, 15) is 14.7 Å². The Hall–Kier alpha value is -2.24. The number of ether oxygens (including phenoxy) is 2. The van der Waals surface area contributed by atoms with E-state index in [0.29, 0.717) is 11.5 Å². The number of fused-ring (bicyclic) bond motifs is 1. The van der Waals surface area contributed by atoms with Gasteiger partial charge in [0, 0.05) is 18.2 Å². The van der Waals surface area contributed by atoms with Gasteiger partial charge in [-0.3, -0.25) is 9.59 Å². The van der Waals surface area contributed by atoms with Crippen LogP contribution in [0, 0.1) is 0 Å². The van der Waals surface area contributed by atoms with E-state index in [1.54, 1.807) is 6.07 Å². The SMILES string of the molecule is CC1(C)CC(=O)c2c(O)cc(OCC(=O)NC3CCCCCC3)cc2O1. The first-order chi connectivity index (χ1) is 12.3. The van der Waals surface area contributed by atoms with Gasteiger partial charge in [0.15, 0.2) is 12.4 Å². The van der Waals surface area contributed by atoms with Gasteiger partial charge in [-0.05, 0) is 26.7 Å². The highest BCUT2D eigenvalue weighted by Crippen LogP contribution is 2.40. The van der Waals surface area contributed by atoms with Gasteiger partial charge in [-0.2, -0.15) is 0 Å². The van der Waals surface area contributed by atoms with Gasteiger partial charge in [0.05, 0.1) is 6.42 Å². The van der Waals surface area contributed by atoms with Crippen LogP contribution in [-0.2, 0) is 4.79 Å². The number of phenolic OH excluding ortho intramolecular Hbond substituents is 1. The fraction of sp³-hybridized carbons (Fsp3) is 0.600. The van der Waals surface area contributed by atoms with E-state index in [4.69, 9.17) is 9.47 Å². The summed E-state index contributed by atoms with van der Waals surface area (Å²) >= 11 is 0. The zero-order chi connectivity index (χ0) is 18.7. The number of nitrogens with one attached hydrogen (secondary N) is 1. The largest absolute Gasteiger partial charge is 0.507 e. The highest BCUT2D eigenvalue weighted by atomic mass is 16.5. The summed E-state index contributed by atoms with van der Waals surface area (Å²) in [6, 6.07) is 3.14. The Balaban J connectivity index is 1.62. The molecule has 1 saturated carbocycles. The summed E-state index contributed by atoms with van der Waals surface area (Å²) < 4.78 is 11.3. The number of amides is 1. The number of rotatable bonds is 4. The number of carbonyl (C=O) groups excluding carboxylic acids is 2. The van der Waals surface area contributed by atoms with Crippen molar-refractivity contribution >= 4 is 11.7 Å². The molecule has 0 aromatic heterocycles. The average molecular weight is 361 g/mol. The molecule has 1 aliphatic carbocycles. The number of carbonyl (C=O) groups is 2. The summed E-state index contributed by atoms with van der Waals surface area (Å²) in [6.45, 7) is 3.50. The number of benzene rings is 1. The molecule has 1 aliphatic heterocycles. The van der Waals surface area contributed by atoms with Gasteiger partial charge < -0.3 is 19.9 Å². The van der Waals surface area contributed by atoms with E-state index in [1.807, 2.05) is 13.8 Å². The number of aromatic hydroxyl groups is 1. The fourth-order valence-electron chi connectivity index (χ4n) is 3.67. The van der Waals surface area contributed by atoms with Crippen LogP contribution >= 0.6 is 0 Å². The van der Waals surface area contributed by atoms with E-state index >= 15 is 0 Å². The smallest absolute Gasteiger partial charge is 0.258 e. The summed E-state index contributed by atoms with van der Waals surface area (Å²) in [7, 11) is 0. The monoisotopic (exact) mass is 361 g/mol. The van der Waals surface area contributed by atoms with Crippen molar-refractivity contribution in [3.05, 3.63) is 17.7 Å². The van der Waals surface area contributed by atoms with Crippen molar-refractivity contribution in [1.82, 2.24) is 5.32 Å². The lowest BCUT2D eigenvalue weighted by atomic mass is 9.92. The summed E-state index contributed by atoms with van der Waals surface area (Å²) in [6.07, 6.45) is 6.97. The second kappa shape index (κ2) is 7.56. The summed E-state index contributed by atoms with van der Waals surface area (Å²) in [5, 5.41) is 13.2. The maximum absolute atomic E-state index is 12.2. The molecule has 1 aromatic rings. The first-order valence-electron chi connectivity index (χ1n) is 9.35. The van der Waals surface area contributed by atoms with E-state index < -0.39 is 5.60 Å². The van der Waals surface area contributed by atoms with Gasteiger partial charge in [0.2, 0.25) is 0 Å². The third-order valence-electron chi connectivity index (χ3n) is 4.90. The van der Waals surface area contributed by atoms with Crippen molar-refractivity contribution in [2.24, 2.45) is 0 Å². The topological polar surface area (TPSA) is 84.9 Å². The molecule has 0 bridgehead atoms. The van der Waals surface area contributed by atoms with Crippen molar-refractivity contribution in [2.75, 3.05) is 6.61 Å². The number of ketones is 1. The van der Waals surface area contributed by atoms with Gasteiger partial charge >= 0.3 is 0 Å². The normalized spacial score (nSPS) is 19.8. The van der Waals surface area contributed by atoms with Crippen LogP contribution in [0.3, 0.4) is 0 Å². The van der Waals surface area contributed by atoms with Crippen molar-refractivity contribution in [1.29, 1.82) is 0 Å². The lowest BCUT2D eigenvalue weighted by Gasteiger charge is -2.32. The van der Waals surface area contributed by atoms with Crippen molar-refractivity contribution in [3.63, 3.8) is 0 Å². The Morgan fingerprint density at radius 1 is 1.27 bits per heavy atom. The predicted molar refractivity (Wildman–Crippen MR) is 96.9 cm³/mol. The number of hydrogen-bond acceptors (Lipinski definition) is 5. The van der Waals surface area contributed by atoms with E-state index in [2.05, 4.69) is 5.32 Å². The van der Waals surface area contributed by atoms with Crippen molar-refractivity contribution < 1.29 is 24.2 Å². The molecule has 6 heteroatoms. The minimum absolute atomic E-state index is 0.133. The van der Waals surface area contributed by atoms with Gasteiger partial charge in [-0.25, -0.2) is 0 Å². The van der Waals surface area contributed by atoms with Crippen LogP contribution in [-0.4, -0.2) is 35.0 Å². The summed E-state index contributed by atoms with van der Waals surface area (Å²) in [5.41, 5.74) is -0.453. The van der Waals surface area contributed by atoms with Crippen LogP contribution in [0.1, 0.15) is 69.2 Å². The lowest BCUT2D eigenvalue weighted by molar-refractivity contribution is -0.123. The maximum atomic E-state index is 12.2. The molecule has 1 amide bonds. The minimum atomic E-state index is -0.633. The van der Waals surface area contributed by atoms with E-state index in [-0.39, 0.29) is 42.1 Å². The second-order valence-corrected chi connectivity index (χ2v) is 7.82. The van der Waals surface area contributed by atoms with Gasteiger partial charge in [0.25, 0.3) is 5.91 Å². The number of hydrogen-bond donors (Lipinski definition) is 2. The van der Waals surface area contributed by atoms with Crippen molar-refractivity contribution in [2.45, 2.75) is 70.4 Å². The summed E-state index contributed by atoms with van der Waals surface area (Å²) in [5.74, 6) is 0.0909. The van der Waals surface area contributed by atoms with Crippen LogP contribution in [0.5, 0.6) is 17.2 Å². The molecule has 0 unspecified atom stereocenters. The zero-order valence-corrected chi connectivity index (χ0v) is 15.5. The molecular weight excluding hydrogens is 334 g/mol. The van der Waals surface area contributed by atoms with Gasteiger partial charge in [0.1, 0.15) is 28.4 Å². The molecule has 0 atom stereocenters. The Kier molecular flexibility index (Phi) is 5.39. The molecule has 2 aliphatic rings. The molecule has 0 radical (unpaired) electrons. The Bertz CT molecular complexity index is 690. The molecule has 142 valence electrons. The van der Waals surface area contributed by atoms with Gasteiger partial charge in [-0.15, -0.1) is 0 Å². The number of phenols is 1. The molecule has 0 spiro atoms. The molecule has 0 saturated heterocycles. The zero-order valence-electron chi connectivity index (χ0n) is 15.5. The standard InChI is InChI=1S/C20H27NO5/c1-20(2)11-16(23)19-15(22)9-14(10-17(19)26-20)25-12-18(24)21-13-7-5-3-4-6-8-13/h9-10,13,22H,3-8,11-12H2,1-2H3,(H,21,24). The molecule has 6 nitrogen and oxygen atoms in total. The molecule has 1 aromatic carbocycles. The van der Waals surface area contributed by atoms with E-state index in [1.165, 1.54) is 18.9 Å². The second-order valence-electron chi connectivity index (χ2n) is 7.82. The Morgan fingerprint density at radius 3 is 2.65 bits per heavy atom. The highest BCUT2D eigenvalue weighted by molar-refractivity contribution is 6.03. The van der Waals surface area contributed by atoms with Crippen LogP contribution in [0.15, 0.2) is 12.1 Å². The molecular formula is C20H27NO5. The first-order valence-corrected chi connectivity index (χ1v) is 9.35. The average Bonchev–Trinajstić information content (AvgIpc) is 2.79. The van der Waals surface area contributed by atoms with Crippen LogP contribution in [0.25, 0.3) is 0 Å². The first kappa shape index (κ1) is 18.5. The maximum Gasteiger partial charge on any atom is 0.258 e. The summed E-state index contributed by atoms with van der Waals surface area (Å²) in [4.78, 5) is 24.3. The Labute approximate surface area is 153 Å².